The number of thioether (sulfide) groups is 1. The molecule has 3 aromatic carbocycles. The first kappa shape index (κ1) is 21.1. The number of benzene rings is 3. The van der Waals surface area contributed by atoms with Crippen molar-refractivity contribution in [1.82, 2.24) is 0 Å². The van der Waals surface area contributed by atoms with E-state index in [1.54, 1.807) is 36.4 Å². The van der Waals surface area contributed by atoms with Gasteiger partial charge < -0.3 is 5.32 Å². The van der Waals surface area contributed by atoms with Crippen LogP contribution in [-0.4, -0.2) is 30.0 Å². The number of para-hydroxylation sites is 2. The van der Waals surface area contributed by atoms with Crippen molar-refractivity contribution in [3.63, 3.8) is 0 Å². The maximum Gasteiger partial charge on any atom is 0.269 e. The molecule has 1 fully saturated rings. The van der Waals surface area contributed by atoms with E-state index in [0.29, 0.717) is 11.3 Å². The zero-order valence-electron chi connectivity index (χ0n) is 17.1. The Bertz CT molecular complexity index is 1300. The molecule has 0 unspecified atom stereocenters. The molecule has 1 N–H and O–H groups in total. The smallest absolute Gasteiger partial charge is 0.269 e. The van der Waals surface area contributed by atoms with Crippen LogP contribution in [0.3, 0.4) is 0 Å². The maximum absolute atomic E-state index is 14.0. The second-order valence-corrected chi connectivity index (χ2v) is 8.75. The summed E-state index contributed by atoms with van der Waals surface area (Å²) in [7, 11) is 0. The third kappa shape index (κ3) is 3.36. The summed E-state index contributed by atoms with van der Waals surface area (Å²) in [6.45, 7) is -0.377. The van der Waals surface area contributed by atoms with Gasteiger partial charge in [0.2, 0.25) is 16.7 Å². The number of hydrogen-bond acceptors (Lipinski definition) is 4. The molecular formula is C24H17F2N3O3S. The first-order valence-electron chi connectivity index (χ1n) is 10.1. The Morgan fingerprint density at radius 3 is 2.55 bits per heavy atom. The lowest BCUT2D eigenvalue weighted by Crippen LogP contribution is -2.50. The van der Waals surface area contributed by atoms with Crippen molar-refractivity contribution in [2.24, 2.45) is 0 Å². The molecule has 0 aliphatic carbocycles. The quantitative estimate of drug-likeness (QED) is 0.635. The van der Waals surface area contributed by atoms with Crippen molar-refractivity contribution >= 4 is 46.5 Å². The lowest BCUT2D eigenvalue weighted by molar-refractivity contribution is -0.124. The first-order valence-corrected chi connectivity index (χ1v) is 11.1. The number of rotatable bonds is 4. The highest BCUT2D eigenvalue weighted by Crippen LogP contribution is 2.55. The van der Waals surface area contributed by atoms with Gasteiger partial charge in [-0.15, -0.1) is 11.8 Å². The Morgan fingerprint density at radius 2 is 1.76 bits per heavy atom. The number of carbonyl (C=O) groups is 3. The van der Waals surface area contributed by atoms with Gasteiger partial charge in [-0.3, -0.25) is 24.2 Å². The number of halogens is 2. The molecule has 1 atom stereocenters. The van der Waals surface area contributed by atoms with E-state index < -0.39 is 28.3 Å². The Balaban J connectivity index is 1.53. The van der Waals surface area contributed by atoms with E-state index in [1.165, 1.54) is 46.2 Å². The molecule has 9 heteroatoms. The molecule has 0 bridgehead atoms. The molecule has 166 valence electrons. The summed E-state index contributed by atoms with van der Waals surface area (Å²) in [5.41, 5.74) is 1.26. The van der Waals surface area contributed by atoms with Gasteiger partial charge in [0.05, 0.1) is 17.1 Å². The van der Waals surface area contributed by atoms with Crippen molar-refractivity contribution in [3.8, 4) is 0 Å². The molecule has 0 saturated carbocycles. The standard InChI is InChI=1S/C24H17F2N3O3S/c25-15-6-5-7-16(12-15)29-22(31)14-33-24(29)17-8-1-4-11-20(17)28(23(24)32)13-21(30)27-19-10-3-2-9-18(19)26/h1-12H,13-14H2,(H,27,30)/t24-/m0/s1. The van der Waals surface area contributed by atoms with Crippen LogP contribution in [0.2, 0.25) is 0 Å². The molecule has 1 spiro atoms. The summed E-state index contributed by atoms with van der Waals surface area (Å²) in [6.07, 6.45) is 0. The van der Waals surface area contributed by atoms with Gasteiger partial charge in [0.1, 0.15) is 18.2 Å². The largest absolute Gasteiger partial charge is 0.322 e. The van der Waals surface area contributed by atoms with E-state index in [-0.39, 0.29) is 29.6 Å². The minimum atomic E-state index is -1.46. The van der Waals surface area contributed by atoms with E-state index in [4.69, 9.17) is 0 Å². The van der Waals surface area contributed by atoms with E-state index in [2.05, 4.69) is 5.32 Å². The minimum absolute atomic E-state index is 0.00366. The molecular weight excluding hydrogens is 448 g/mol. The lowest BCUT2D eigenvalue weighted by Gasteiger charge is -2.33. The van der Waals surface area contributed by atoms with Gasteiger partial charge in [0, 0.05) is 11.3 Å². The fourth-order valence-electron chi connectivity index (χ4n) is 4.22. The number of amides is 3. The summed E-state index contributed by atoms with van der Waals surface area (Å²) in [6, 6.07) is 18.1. The second kappa shape index (κ2) is 8.00. The second-order valence-electron chi connectivity index (χ2n) is 7.58. The summed E-state index contributed by atoms with van der Waals surface area (Å²) in [5.74, 6) is -2.53. The van der Waals surface area contributed by atoms with Gasteiger partial charge in [-0.1, -0.05) is 36.4 Å². The molecule has 0 aromatic heterocycles. The summed E-state index contributed by atoms with van der Waals surface area (Å²) in [5, 5.41) is 2.48. The van der Waals surface area contributed by atoms with Crippen molar-refractivity contribution < 1.29 is 23.2 Å². The number of hydrogen-bond donors (Lipinski definition) is 1. The number of nitrogens with one attached hydrogen (secondary N) is 1. The third-order valence-electron chi connectivity index (χ3n) is 5.58. The summed E-state index contributed by atoms with van der Waals surface area (Å²) >= 11 is 1.13. The Hall–Kier alpha value is -3.72. The molecule has 3 aromatic rings. The van der Waals surface area contributed by atoms with Crippen LogP contribution in [0.25, 0.3) is 0 Å². The van der Waals surface area contributed by atoms with Crippen LogP contribution in [0, 0.1) is 11.6 Å². The van der Waals surface area contributed by atoms with Crippen LogP contribution in [0.15, 0.2) is 72.8 Å². The zero-order valence-corrected chi connectivity index (χ0v) is 17.9. The Morgan fingerprint density at radius 1 is 1.00 bits per heavy atom. The molecule has 3 amide bonds. The highest BCUT2D eigenvalue weighted by Gasteiger charge is 2.61. The van der Waals surface area contributed by atoms with Crippen LogP contribution in [0.1, 0.15) is 5.56 Å². The van der Waals surface area contributed by atoms with Crippen LogP contribution >= 0.6 is 11.8 Å². The highest BCUT2D eigenvalue weighted by molar-refractivity contribution is 8.02. The number of carbonyl (C=O) groups excluding carboxylic acids is 3. The molecule has 5 rings (SSSR count). The molecule has 33 heavy (non-hydrogen) atoms. The van der Waals surface area contributed by atoms with Crippen molar-refractivity contribution in [2.45, 2.75) is 4.87 Å². The van der Waals surface area contributed by atoms with Crippen LogP contribution < -0.4 is 15.1 Å². The van der Waals surface area contributed by atoms with Gasteiger partial charge in [-0.05, 0) is 36.4 Å². The topological polar surface area (TPSA) is 69.7 Å². The van der Waals surface area contributed by atoms with E-state index in [1.807, 2.05) is 0 Å². The monoisotopic (exact) mass is 465 g/mol. The van der Waals surface area contributed by atoms with Gasteiger partial charge in [0.15, 0.2) is 0 Å². The SMILES string of the molecule is O=C(CN1C(=O)[C@@]2(SCC(=O)N2c2cccc(F)c2)c2ccccc21)Nc1ccccc1F. The van der Waals surface area contributed by atoms with Gasteiger partial charge in [-0.2, -0.15) is 0 Å². The maximum atomic E-state index is 14.0. The van der Waals surface area contributed by atoms with Crippen LogP contribution in [0.5, 0.6) is 0 Å². The van der Waals surface area contributed by atoms with Crippen LogP contribution in [-0.2, 0) is 19.3 Å². The highest BCUT2D eigenvalue weighted by atomic mass is 32.2. The Kier molecular flexibility index (Phi) is 5.13. The third-order valence-corrected chi connectivity index (χ3v) is 6.97. The first-order chi connectivity index (χ1) is 15.9. The fraction of sp³-hybridized carbons (Fsp3) is 0.125. The van der Waals surface area contributed by atoms with Crippen molar-refractivity contribution in [3.05, 3.63) is 90.0 Å². The minimum Gasteiger partial charge on any atom is -0.322 e. The van der Waals surface area contributed by atoms with E-state index >= 15 is 0 Å². The van der Waals surface area contributed by atoms with E-state index in [0.717, 1.165) is 11.8 Å². The summed E-state index contributed by atoms with van der Waals surface area (Å²) in [4.78, 5) is 40.6. The van der Waals surface area contributed by atoms with E-state index in [9.17, 15) is 23.2 Å². The Labute approximate surface area is 192 Å². The van der Waals surface area contributed by atoms with Crippen molar-refractivity contribution in [1.29, 1.82) is 0 Å². The lowest BCUT2D eigenvalue weighted by atomic mass is 10.0. The molecule has 2 heterocycles. The summed E-state index contributed by atoms with van der Waals surface area (Å²) < 4.78 is 27.9. The number of anilines is 3. The fourth-order valence-corrected chi connectivity index (χ4v) is 5.58. The molecule has 2 aliphatic heterocycles. The zero-order chi connectivity index (χ0) is 23.2. The average Bonchev–Trinajstić information content (AvgIpc) is 3.26. The average molecular weight is 465 g/mol. The number of fused-ring (bicyclic) bond motifs is 2. The normalized spacial score (nSPS) is 19.3. The predicted octanol–water partition coefficient (Wildman–Crippen LogP) is 3.88. The van der Waals surface area contributed by atoms with Gasteiger partial charge >= 0.3 is 0 Å². The molecule has 2 aliphatic rings. The predicted molar refractivity (Wildman–Crippen MR) is 122 cm³/mol. The van der Waals surface area contributed by atoms with Gasteiger partial charge in [-0.25, -0.2) is 8.78 Å². The molecule has 0 radical (unpaired) electrons. The van der Waals surface area contributed by atoms with Gasteiger partial charge in [0.25, 0.3) is 5.91 Å². The van der Waals surface area contributed by atoms with Crippen molar-refractivity contribution in [2.75, 3.05) is 27.4 Å². The number of nitrogens with zero attached hydrogens (tertiary/aromatic N) is 2. The molecule has 6 nitrogen and oxygen atoms in total. The van der Waals surface area contributed by atoms with Crippen LogP contribution in [0.4, 0.5) is 25.8 Å². The molecule has 1 saturated heterocycles.